The number of fused-ring (bicyclic) bond motifs is 6. The van der Waals surface area contributed by atoms with Gasteiger partial charge in [0.2, 0.25) is 0 Å². The van der Waals surface area contributed by atoms with Crippen LogP contribution in [0.25, 0.3) is 10.8 Å². The van der Waals surface area contributed by atoms with E-state index in [9.17, 15) is 0 Å². The highest BCUT2D eigenvalue weighted by molar-refractivity contribution is 6.01. The molecule has 108 valence electrons. The predicted octanol–water partition coefficient (Wildman–Crippen LogP) is 3.55. The molecule has 4 nitrogen and oxygen atoms in total. The molecule has 2 atom stereocenters. The van der Waals surface area contributed by atoms with Crippen LogP contribution < -0.4 is 14.2 Å². The molecule has 2 aliphatic rings. The lowest BCUT2D eigenvalue weighted by atomic mass is 9.90. The van der Waals surface area contributed by atoms with Crippen molar-refractivity contribution in [2.45, 2.75) is 12.2 Å². The largest absolute Gasteiger partial charge is 0.496 e. The molecule has 2 heterocycles. The van der Waals surface area contributed by atoms with Gasteiger partial charge in [0.05, 0.1) is 26.7 Å². The summed E-state index contributed by atoms with van der Waals surface area (Å²) in [4.78, 5) is 0. The Balaban J connectivity index is 2.19. The van der Waals surface area contributed by atoms with E-state index in [1.54, 1.807) is 21.3 Å². The molecule has 0 aliphatic carbocycles. The fourth-order valence-corrected chi connectivity index (χ4v) is 3.42. The predicted molar refractivity (Wildman–Crippen MR) is 79.3 cm³/mol. The van der Waals surface area contributed by atoms with Crippen LogP contribution in [0.4, 0.5) is 0 Å². The van der Waals surface area contributed by atoms with Crippen molar-refractivity contribution in [1.29, 1.82) is 0 Å². The summed E-state index contributed by atoms with van der Waals surface area (Å²) in [6, 6.07) is 5.91. The van der Waals surface area contributed by atoms with E-state index < -0.39 is 0 Å². The maximum absolute atomic E-state index is 5.96. The second-order valence-electron chi connectivity index (χ2n) is 5.14. The first-order valence-corrected chi connectivity index (χ1v) is 6.88. The van der Waals surface area contributed by atoms with E-state index >= 15 is 0 Å². The number of hydrogen-bond donors (Lipinski definition) is 0. The van der Waals surface area contributed by atoms with Gasteiger partial charge in [-0.3, -0.25) is 0 Å². The first-order chi connectivity index (χ1) is 10.3. The fourth-order valence-electron chi connectivity index (χ4n) is 3.42. The number of benzene rings is 2. The van der Waals surface area contributed by atoms with Gasteiger partial charge in [-0.15, -0.1) is 0 Å². The molecular formula is C17H16O4. The maximum Gasteiger partial charge on any atom is 0.137 e. The second-order valence-corrected chi connectivity index (χ2v) is 5.14. The molecule has 0 saturated carbocycles. The van der Waals surface area contributed by atoms with Crippen molar-refractivity contribution in [3.8, 4) is 17.2 Å². The monoisotopic (exact) mass is 284 g/mol. The van der Waals surface area contributed by atoms with Gasteiger partial charge in [0.1, 0.15) is 29.5 Å². The van der Waals surface area contributed by atoms with E-state index in [2.05, 4.69) is 12.2 Å². The molecule has 0 saturated heterocycles. The summed E-state index contributed by atoms with van der Waals surface area (Å²) in [6.07, 6.45) is 4.02. The minimum absolute atomic E-state index is 0.0514. The van der Waals surface area contributed by atoms with Crippen molar-refractivity contribution >= 4 is 10.8 Å². The van der Waals surface area contributed by atoms with Gasteiger partial charge in [-0.25, -0.2) is 0 Å². The van der Waals surface area contributed by atoms with Crippen LogP contribution in [-0.2, 0) is 4.74 Å². The summed E-state index contributed by atoms with van der Waals surface area (Å²) in [5, 5.41) is 1.92. The normalized spacial score (nSPS) is 21.7. The molecule has 0 unspecified atom stereocenters. The molecule has 0 fully saturated rings. The van der Waals surface area contributed by atoms with Gasteiger partial charge in [-0.1, -0.05) is 24.3 Å². The van der Waals surface area contributed by atoms with Crippen molar-refractivity contribution in [3.63, 3.8) is 0 Å². The summed E-state index contributed by atoms with van der Waals surface area (Å²) in [6.45, 7) is 0. The SMILES string of the molecule is COc1c2c(c(OC)c3c(OC)cccc13)[C@@H]1C=C[C@H]2O1. The van der Waals surface area contributed by atoms with Gasteiger partial charge in [-0.05, 0) is 6.07 Å². The lowest BCUT2D eigenvalue weighted by Gasteiger charge is -2.20. The average molecular weight is 284 g/mol. The second kappa shape index (κ2) is 4.40. The first-order valence-electron chi connectivity index (χ1n) is 6.88. The zero-order chi connectivity index (χ0) is 14.6. The average Bonchev–Trinajstić information content (AvgIpc) is 3.13. The van der Waals surface area contributed by atoms with Crippen LogP contribution in [-0.4, -0.2) is 21.3 Å². The molecule has 4 rings (SSSR count). The lowest BCUT2D eigenvalue weighted by molar-refractivity contribution is 0.0862. The highest BCUT2D eigenvalue weighted by Gasteiger charge is 2.41. The Morgan fingerprint density at radius 2 is 1.52 bits per heavy atom. The number of ether oxygens (including phenoxy) is 4. The van der Waals surface area contributed by atoms with Gasteiger partial charge >= 0.3 is 0 Å². The first kappa shape index (κ1) is 12.5. The van der Waals surface area contributed by atoms with Crippen LogP contribution in [0.1, 0.15) is 23.3 Å². The molecule has 0 spiro atoms. The smallest absolute Gasteiger partial charge is 0.137 e. The van der Waals surface area contributed by atoms with E-state index in [0.29, 0.717) is 0 Å². The van der Waals surface area contributed by atoms with Crippen molar-refractivity contribution in [3.05, 3.63) is 41.5 Å². The molecular weight excluding hydrogens is 268 g/mol. The summed E-state index contributed by atoms with van der Waals surface area (Å²) in [5.41, 5.74) is 2.13. The van der Waals surface area contributed by atoms with Crippen LogP contribution in [0.5, 0.6) is 17.2 Å². The molecule has 2 aliphatic heterocycles. The molecule has 2 aromatic rings. The van der Waals surface area contributed by atoms with E-state index in [1.807, 2.05) is 18.2 Å². The van der Waals surface area contributed by atoms with Crippen molar-refractivity contribution in [2.75, 3.05) is 21.3 Å². The van der Waals surface area contributed by atoms with Crippen LogP contribution in [0.15, 0.2) is 30.4 Å². The summed E-state index contributed by atoms with van der Waals surface area (Å²) in [5.74, 6) is 2.43. The third-order valence-corrected chi connectivity index (χ3v) is 4.23. The van der Waals surface area contributed by atoms with Gasteiger partial charge < -0.3 is 18.9 Å². The molecule has 0 radical (unpaired) electrons. The highest BCUT2D eigenvalue weighted by Crippen LogP contribution is 2.57. The third-order valence-electron chi connectivity index (χ3n) is 4.23. The zero-order valence-electron chi connectivity index (χ0n) is 12.2. The third kappa shape index (κ3) is 1.48. The molecule has 21 heavy (non-hydrogen) atoms. The van der Waals surface area contributed by atoms with Crippen molar-refractivity contribution in [2.24, 2.45) is 0 Å². The fraction of sp³-hybridized carbons (Fsp3) is 0.294. The van der Waals surface area contributed by atoms with E-state index in [0.717, 1.165) is 39.1 Å². The minimum atomic E-state index is -0.0665. The number of methoxy groups -OCH3 is 3. The van der Waals surface area contributed by atoms with Crippen LogP contribution in [0.3, 0.4) is 0 Å². The highest BCUT2D eigenvalue weighted by atomic mass is 16.5. The van der Waals surface area contributed by atoms with E-state index in [1.165, 1.54) is 0 Å². The molecule has 0 aromatic heterocycles. The van der Waals surface area contributed by atoms with Gasteiger partial charge in [0.15, 0.2) is 0 Å². The molecule has 4 heteroatoms. The van der Waals surface area contributed by atoms with E-state index in [-0.39, 0.29) is 12.2 Å². The minimum Gasteiger partial charge on any atom is -0.496 e. The van der Waals surface area contributed by atoms with Crippen molar-refractivity contribution in [1.82, 2.24) is 0 Å². The topological polar surface area (TPSA) is 36.9 Å². The van der Waals surface area contributed by atoms with Gasteiger partial charge in [0.25, 0.3) is 0 Å². The molecule has 2 aromatic carbocycles. The molecule has 2 bridgehead atoms. The quantitative estimate of drug-likeness (QED) is 0.808. The number of rotatable bonds is 3. The Morgan fingerprint density at radius 3 is 2.14 bits per heavy atom. The Morgan fingerprint density at radius 1 is 0.857 bits per heavy atom. The number of hydrogen-bond acceptors (Lipinski definition) is 4. The van der Waals surface area contributed by atoms with Crippen LogP contribution in [0, 0.1) is 0 Å². The Kier molecular flexibility index (Phi) is 2.62. The summed E-state index contributed by atoms with van der Waals surface area (Å²) in [7, 11) is 5.04. The van der Waals surface area contributed by atoms with Crippen molar-refractivity contribution < 1.29 is 18.9 Å². The molecule has 0 N–H and O–H groups in total. The molecule has 0 amide bonds. The summed E-state index contributed by atoms with van der Waals surface area (Å²) >= 11 is 0. The maximum atomic E-state index is 5.96. The Hall–Kier alpha value is -2.20. The van der Waals surface area contributed by atoms with Gasteiger partial charge in [-0.2, -0.15) is 0 Å². The lowest BCUT2D eigenvalue weighted by Crippen LogP contribution is -2.03. The van der Waals surface area contributed by atoms with Crippen LogP contribution >= 0.6 is 0 Å². The summed E-state index contributed by atoms with van der Waals surface area (Å²) < 4.78 is 22.9. The zero-order valence-corrected chi connectivity index (χ0v) is 12.2. The van der Waals surface area contributed by atoms with E-state index in [4.69, 9.17) is 18.9 Å². The van der Waals surface area contributed by atoms with Gasteiger partial charge in [0, 0.05) is 16.5 Å². The van der Waals surface area contributed by atoms with Crippen LogP contribution in [0.2, 0.25) is 0 Å². The standard InChI is InChI=1S/C17H16O4/c1-18-10-6-4-5-9-13(10)17(20-3)15-12-8-7-11(21-12)14(15)16(9)19-2/h4-8,11-12H,1-3H3/t11-,12+/m1/s1. The Labute approximate surface area is 122 Å². The Bertz CT molecular complexity index is 763.